The Morgan fingerprint density at radius 1 is 1.14 bits per heavy atom. The number of carbonyl (C=O) groups excluding carboxylic acids is 1. The molecule has 0 radical (unpaired) electrons. The van der Waals surface area contributed by atoms with Gasteiger partial charge in [0.05, 0.1) is 18.8 Å². The van der Waals surface area contributed by atoms with Gasteiger partial charge in [-0.3, -0.25) is 4.90 Å². The predicted molar refractivity (Wildman–Crippen MR) is 87.4 cm³/mol. The van der Waals surface area contributed by atoms with Gasteiger partial charge in [0.1, 0.15) is 5.75 Å². The SMILES string of the molecule is COc1ccc2c(c1)C(c1ccccc1)NC(=O)N2C(C)C. The van der Waals surface area contributed by atoms with Crippen LogP contribution in [0.3, 0.4) is 0 Å². The van der Waals surface area contributed by atoms with Crippen molar-refractivity contribution >= 4 is 11.7 Å². The second kappa shape index (κ2) is 5.72. The minimum atomic E-state index is -0.159. The highest BCUT2D eigenvalue weighted by molar-refractivity contribution is 5.96. The number of fused-ring (bicyclic) bond motifs is 1. The van der Waals surface area contributed by atoms with Gasteiger partial charge in [-0.15, -0.1) is 0 Å². The van der Waals surface area contributed by atoms with E-state index in [1.165, 1.54) is 0 Å². The zero-order chi connectivity index (χ0) is 15.7. The Labute approximate surface area is 130 Å². The third-order valence-electron chi connectivity index (χ3n) is 3.94. The van der Waals surface area contributed by atoms with E-state index < -0.39 is 0 Å². The number of carbonyl (C=O) groups is 1. The monoisotopic (exact) mass is 296 g/mol. The lowest BCUT2D eigenvalue weighted by atomic mass is 9.94. The molecule has 114 valence electrons. The summed E-state index contributed by atoms with van der Waals surface area (Å²) in [5, 5.41) is 3.10. The highest BCUT2D eigenvalue weighted by Crippen LogP contribution is 2.38. The summed E-state index contributed by atoms with van der Waals surface area (Å²) in [5.74, 6) is 0.791. The third-order valence-corrected chi connectivity index (χ3v) is 3.94. The minimum absolute atomic E-state index is 0.0680. The first kappa shape index (κ1) is 14.4. The van der Waals surface area contributed by atoms with Crippen LogP contribution < -0.4 is 15.0 Å². The van der Waals surface area contributed by atoms with Crippen LogP contribution >= 0.6 is 0 Å². The number of anilines is 1. The topological polar surface area (TPSA) is 41.6 Å². The quantitative estimate of drug-likeness (QED) is 0.938. The van der Waals surface area contributed by atoms with Crippen LogP contribution in [0.5, 0.6) is 5.75 Å². The van der Waals surface area contributed by atoms with Gasteiger partial charge in [0.25, 0.3) is 0 Å². The highest BCUT2D eigenvalue weighted by atomic mass is 16.5. The van der Waals surface area contributed by atoms with Gasteiger partial charge >= 0.3 is 6.03 Å². The molecular weight excluding hydrogens is 276 g/mol. The number of amides is 2. The first-order valence-electron chi connectivity index (χ1n) is 7.44. The maximum atomic E-state index is 12.5. The first-order chi connectivity index (χ1) is 10.6. The van der Waals surface area contributed by atoms with Crippen molar-refractivity contribution < 1.29 is 9.53 Å². The molecule has 0 bridgehead atoms. The number of rotatable bonds is 3. The number of methoxy groups -OCH3 is 1. The van der Waals surface area contributed by atoms with Crippen molar-refractivity contribution in [2.45, 2.75) is 25.9 Å². The van der Waals surface area contributed by atoms with Crippen molar-refractivity contribution in [2.75, 3.05) is 12.0 Å². The van der Waals surface area contributed by atoms with Crippen LogP contribution in [0.15, 0.2) is 48.5 Å². The molecule has 2 amide bonds. The van der Waals surface area contributed by atoms with Crippen LogP contribution in [0.2, 0.25) is 0 Å². The summed E-state index contributed by atoms with van der Waals surface area (Å²) >= 11 is 0. The van der Waals surface area contributed by atoms with Gasteiger partial charge in [0.2, 0.25) is 0 Å². The zero-order valence-electron chi connectivity index (χ0n) is 13.0. The van der Waals surface area contributed by atoms with Crippen LogP contribution in [-0.2, 0) is 0 Å². The fraction of sp³-hybridized carbons (Fsp3) is 0.278. The third kappa shape index (κ3) is 2.41. The largest absolute Gasteiger partial charge is 0.497 e. The summed E-state index contributed by atoms with van der Waals surface area (Å²) in [7, 11) is 1.65. The lowest BCUT2D eigenvalue weighted by Crippen LogP contribution is -2.50. The van der Waals surface area contributed by atoms with E-state index >= 15 is 0 Å². The van der Waals surface area contributed by atoms with Crippen LogP contribution in [0.1, 0.15) is 31.0 Å². The van der Waals surface area contributed by atoms with Gasteiger partial charge < -0.3 is 10.1 Å². The number of nitrogens with one attached hydrogen (secondary N) is 1. The minimum Gasteiger partial charge on any atom is -0.497 e. The van der Waals surface area contributed by atoms with E-state index in [0.717, 1.165) is 22.6 Å². The molecule has 3 rings (SSSR count). The standard InChI is InChI=1S/C18H20N2O2/c1-12(2)20-16-10-9-14(22-3)11-15(16)17(19-18(20)21)13-7-5-4-6-8-13/h4-12,17H,1-3H3,(H,19,21). The van der Waals surface area contributed by atoms with Crippen LogP contribution in [-0.4, -0.2) is 19.2 Å². The van der Waals surface area contributed by atoms with Gasteiger partial charge in [-0.05, 0) is 37.6 Å². The summed E-state index contributed by atoms with van der Waals surface area (Å²) in [6.07, 6.45) is 0. The Hall–Kier alpha value is -2.49. The molecule has 0 aliphatic carbocycles. The molecule has 0 saturated heterocycles. The molecule has 1 N–H and O–H groups in total. The lowest BCUT2D eigenvalue weighted by molar-refractivity contribution is 0.241. The summed E-state index contributed by atoms with van der Waals surface area (Å²) in [5.41, 5.74) is 3.06. The second-order valence-electron chi connectivity index (χ2n) is 5.68. The predicted octanol–water partition coefficient (Wildman–Crippen LogP) is 3.72. The fourth-order valence-corrected chi connectivity index (χ4v) is 2.91. The molecule has 22 heavy (non-hydrogen) atoms. The number of nitrogens with zero attached hydrogens (tertiary/aromatic N) is 1. The molecule has 0 aromatic heterocycles. The summed E-state index contributed by atoms with van der Waals surface area (Å²) < 4.78 is 5.36. The molecule has 0 fully saturated rings. The number of hydrogen-bond acceptors (Lipinski definition) is 2. The Morgan fingerprint density at radius 3 is 2.50 bits per heavy atom. The van der Waals surface area contributed by atoms with Gasteiger partial charge in [0.15, 0.2) is 0 Å². The van der Waals surface area contributed by atoms with Gasteiger partial charge in [-0.25, -0.2) is 4.79 Å². The van der Waals surface area contributed by atoms with E-state index in [4.69, 9.17) is 4.74 Å². The zero-order valence-corrected chi connectivity index (χ0v) is 13.0. The molecule has 4 heteroatoms. The van der Waals surface area contributed by atoms with Crippen molar-refractivity contribution in [3.05, 3.63) is 59.7 Å². The maximum absolute atomic E-state index is 12.5. The number of hydrogen-bond donors (Lipinski definition) is 1. The Kier molecular flexibility index (Phi) is 3.75. The van der Waals surface area contributed by atoms with Crippen molar-refractivity contribution in [1.82, 2.24) is 5.32 Å². The van der Waals surface area contributed by atoms with E-state index in [9.17, 15) is 4.79 Å². The molecule has 2 aromatic rings. The van der Waals surface area contributed by atoms with Crippen LogP contribution in [0, 0.1) is 0 Å². The summed E-state index contributed by atoms with van der Waals surface area (Å²) in [6.45, 7) is 4.02. The number of benzene rings is 2. The molecule has 0 saturated carbocycles. The maximum Gasteiger partial charge on any atom is 0.322 e. The van der Waals surface area contributed by atoms with Gasteiger partial charge in [0, 0.05) is 11.6 Å². The van der Waals surface area contributed by atoms with E-state index in [0.29, 0.717) is 0 Å². The molecule has 2 aromatic carbocycles. The molecule has 1 atom stereocenters. The molecular formula is C18H20N2O2. The van der Waals surface area contributed by atoms with Crippen molar-refractivity contribution in [1.29, 1.82) is 0 Å². The highest BCUT2D eigenvalue weighted by Gasteiger charge is 2.33. The van der Waals surface area contributed by atoms with E-state index in [1.807, 2.05) is 62.4 Å². The van der Waals surface area contributed by atoms with Gasteiger partial charge in [-0.1, -0.05) is 30.3 Å². The van der Waals surface area contributed by atoms with E-state index in [2.05, 4.69) is 5.32 Å². The normalized spacial score (nSPS) is 17.2. The Bertz CT molecular complexity index is 683. The molecule has 1 aliphatic rings. The molecule has 1 aliphatic heterocycles. The lowest BCUT2D eigenvalue weighted by Gasteiger charge is -2.37. The Morgan fingerprint density at radius 2 is 1.86 bits per heavy atom. The fourth-order valence-electron chi connectivity index (χ4n) is 2.91. The number of urea groups is 1. The average molecular weight is 296 g/mol. The molecule has 4 nitrogen and oxygen atoms in total. The van der Waals surface area contributed by atoms with Crippen molar-refractivity contribution in [3.8, 4) is 5.75 Å². The summed E-state index contributed by atoms with van der Waals surface area (Å²) in [6, 6.07) is 15.7. The molecule has 1 unspecified atom stereocenters. The molecule has 1 heterocycles. The van der Waals surface area contributed by atoms with Crippen LogP contribution in [0.25, 0.3) is 0 Å². The van der Waals surface area contributed by atoms with Crippen molar-refractivity contribution in [3.63, 3.8) is 0 Å². The van der Waals surface area contributed by atoms with E-state index in [-0.39, 0.29) is 18.1 Å². The Balaban J connectivity index is 2.15. The van der Waals surface area contributed by atoms with Crippen molar-refractivity contribution in [2.24, 2.45) is 0 Å². The average Bonchev–Trinajstić information content (AvgIpc) is 2.54. The second-order valence-corrected chi connectivity index (χ2v) is 5.68. The molecule has 0 spiro atoms. The smallest absolute Gasteiger partial charge is 0.322 e. The summed E-state index contributed by atoms with van der Waals surface area (Å²) in [4.78, 5) is 14.3. The van der Waals surface area contributed by atoms with E-state index in [1.54, 1.807) is 12.0 Å². The number of ether oxygens (including phenoxy) is 1. The van der Waals surface area contributed by atoms with Crippen LogP contribution in [0.4, 0.5) is 10.5 Å². The van der Waals surface area contributed by atoms with Gasteiger partial charge in [-0.2, -0.15) is 0 Å². The first-order valence-corrected chi connectivity index (χ1v) is 7.44.